The first-order valence-electron chi connectivity index (χ1n) is 9.65. The van der Waals surface area contributed by atoms with Crippen LogP contribution in [0.5, 0.6) is 11.5 Å². The lowest BCUT2D eigenvalue weighted by molar-refractivity contribution is 0.174. The topological polar surface area (TPSA) is 49.2 Å². The highest BCUT2D eigenvalue weighted by molar-refractivity contribution is 6.30. The molecule has 0 spiro atoms. The molecule has 3 aliphatic heterocycles. The van der Waals surface area contributed by atoms with Crippen LogP contribution in [0.4, 0.5) is 0 Å². The average Bonchev–Trinajstić information content (AvgIpc) is 3.42. The summed E-state index contributed by atoms with van der Waals surface area (Å²) in [5.41, 5.74) is 5.96. The van der Waals surface area contributed by atoms with Crippen molar-refractivity contribution < 1.29 is 9.47 Å². The Morgan fingerprint density at radius 1 is 0.867 bits per heavy atom. The highest BCUT2D eigenvalue weighted by Gasteiger charge is 2.22. The smallest absolute Gasteiger partial charge is 0.231 e. The van der Waals surface area contributed by atoms with Gasteiger partial charge in [-0.25, -0.2) is 0 Å². The summed E-state index contributed by atoms with van der Waals surface area (Å²) in [6.45, 7) is 0.970. The second-order valence-corrected chi connectivity index (χ2v) is 7.72. The minimum absolute atomic E-state index is 0.248. The highest BCUT2D eigenvalue weighted by atomic mass is 35.5. The second-order valence-electron chi connectivity index (χ2n) is 7.28. The predicted octanol–water partition coefficient (Wildman–Crippen LogP) is 5.63. The van der Waals surface area contributed by atoms with E-state index in [0.29, 0.717) is 0 Å². The molecule has 0 bridgehead atoms. The fourth-order valence-electron chi connectivity index (χ4n) is 3.97. The molecule has 0 aliphatic carbocycles. The fourth-order valence-corrected chi connectivity index (χ4v) is 4.09. The highest BCUT2D eigenvalue weighted by Crippen LogP contribution is 2.40. The molecule has 3 aromatic carbocycles. The number of para-hydroxylation sites is 1. The summed E-state index contributed by atoms with van der Waals surface area (Å²) in [6.07, 6.45) is 2.13. The monoisotopic (exact) mass is 413 g/mol. The van der Waals surface area contributed by atoms with E-state index in [1.807, 2.05) is 42.5 Å². The summed E-state index contributed by atoms with van der Waals surface area (Å²) in [5, 5.41) is 10.9. The Morgan fingerprint density at radius 3 is 2.57 bits per heavy atom. The van der Waals surface area contributed by atoms with Crippen molar-refractivity contribution in [3.8, 4) is 34.0 Å². The zero-order valence-electron chi connectivity index (χ0n) is 15.9. The predicted molar refractivity (Wildman–Crippen MR) is 116 cm³/mol. The number of ether oxygens (including phenoxy) is 2. The van der Waals surface area contributed by atoms with Crippen molar-refractivity contribution in [2.24, 2.45) is 0 Å². The third-order valence-corrected chi connectivity index (χ3v) is 5.68. The number of nitrogens with zero attached hydrogens (tertiary/aromatic N) is 3. The Bertz CT molecular complexity index is 1360. The molecule has 0 unspecified atom stereocenters. The molecule has 30 heavy (non-hydrogen) atoms. The van der Waals surface area contributed by atoms with E-state index in [1.54, 1.807) is 0 Å². The summed E-state index contributed by atoms with van der Waals surface area (Å²) < 4.78 is 13.2. The molecule has 5 nitrogen and oxygen atoms in total. The van der Waals surface area contributed by atoms with Gasteiger partial charge in [0.25, 0.3) is 0 Å². The van der Waals surface area contributed by atoms with E-state index in [-0.39, 0.29) is 6.79 Å². The molecule has 6 rings (SSSR count). The number of aromatic nitrogens is 3. The van der Waals surface area contributed by atoms with Crippen molar-refractivity contribution in [3.05, 3.63) is 83.5 Å². The minimum Gasteiger partial charge on any atom is -0.454 e. The van der Waals surface area contributed by atoms with Crippen molar-refractivity contribution in [3.63, 3.8) is 0 Å². The van der Waals surface area contributed by atoms with Gasteiger partial charge in [0.2, 0.25) is 6.79 Å². The normalized spacial score (nSPS) is 12.7. The van der Waals surface area contributed by atoms with Crippen molar-refractivity contribution in [1.29, 1.82) is 0 Å². The largest absolute Gasteiger partial charge is 0.454 e. The Labute approximate surface area is 177 Å². The molecule has 6 heteroatoms. The average molecular weight is 414 g/mol. The number of benzene rings is 3. The van der Waals surface area contributed by atoms with Crippen LogP contribution >= 0.6 is 11.6 Å². The number of pyridine rings is 1. The van der Waals surface area contributed by atoms with Crippen molar-refractivity contribution >= 4 is 22.5 Å². The molecular formula is C24H16ClN3O2. The van der Waals surface area contributed by atoms with Gasteiger partial charge in [-0.05, 0) is 42.0 Å². The fraction of sp³-hybridized carbons (Fsp3) is 0.0833. The van der Waals surface area contributed by atoms with Crippen LogP contribution in [-0.4, -0.2) is 21.6 Å². The lowest BCUT2D eigenvalue weighted by atomic mass is 10.0. The molecule has 3 aromatic rings. The van der Waals surface area contributed by atoms with Gasteiger partial charge in [0, 0.05) is 34.3 Å². The third kappa shape index (κ3) is 2.78. The van der Waals surface area contributed by atoms with Gasteiger partial charge in [0.15, 0.2) is 11.5 Å². The van der Waals surface area contributed by atoms with Crippen molar-refractivity contribution in [2.75, 3.05) is 6.79 Å². The molecular weight excluding hydrogens is 398 g/mol. The van der Waals surface area contributed by atoms with Gasteiger partial charge >= 0.3 is 0 Å². The first-order chi connectivity index (χ1) is 14.8. The molecule has 0 atom stereocenters. The second kappa shape index (κ2) is 6.75. The lowest BCUT2D eigenvalue weighted by Gasteiger charge is -2.15. The number of hydrogen-bond donors (Lipinski definition) is 0. The number of rotatable bonds is 3. The molecule has 3 aliphatic rings. The molecule has 0 radical (unpaired) electrons. The standard InChI is InChI=1S/C24H16ClN3O2/c25-17-8-5-15(6-9-17)12-28-13-19-23(16-7-10-21-22(11-16)30-14-29-21)26-27-24(19)18-3-1-2-4-20(18)28/h1-11,13H,12,14H2. The number of halogens is 1. The Morgan fingerprint density at radius 2 is 1.67 bits per heavy atom. The van der Waals surface area contributed by atoms with Crippen LogP contribution in [0.3, 0.4) is 0 Å². The van der Waals surface area contributed by atoms with E-state index in [4.69, 9.17) is 21.1 Å². The van der Waals surface area contributed by atoms with Gasteiger partial charge in [-0.15, -0.1) is 10.2 Å². The van der Waals surface area contributed by atoms with Crippen molar-refractivity contribution in [2.45, 2.75) is 6.54 Å². The molecule has 0 fully saturated rings. The minimum atomic E-state index is 0.248. The summed E-state index contributed by atoms with van der Waals surface area (Å²) in [7, 11) is 0. The molecule has 0 aromatic heterocycles. The number of fused-ring (bicyclic) bond motifs is 4. The molecule has 0 saturated carbocycles. The molecule has 0 amide bonds. The van der Waals surface area contributed by atoms with Gasteiger partial charge in [0.05, 0.1) is 5.52 Å². The van der Waals surface area contributed by atoms with E-state index in [0.717, 1.165) is 56.5 Å². The molecule has 146 valence electrons. The first kappa shape index (κ1) is 17.3. The maximum absolute atomic E-state index is 6.06. The Kier molecular flexibility index (Phi) is 3.89. The van der Waals surface area contributed by atoms with Gasteiger partial charge in [0.1, 0.15) is 11.4 Å². The van der Waals surface area contributed by atoms with Gasteiger partial charge < -0.3 is 14.0 Å². The van der Waals surface area contributed by atoms with E-state index in [9.17, 15) is 0 Å². The Balaban J connectivity index is 1.53. The maximum Gasteiger partial charge on any atom is 0.231 e. The van der Waals surface area contributed by atoms with Gasteiger partial charge in [-0.3, -0.25) is 0 Å². The van der Waals surface area contributed by atoms with Crippen molar-refractivity contribution in [1.82, 2.24) is 14.8 Å². The zero-order chi connectivity index (χ0) is 20.1. The summed E-state index contributed by atoms with van der Waals surface area (Å²) in [4.78, 5) is 0. The van der Waals surface area contributed by atoms with E-state index in [2.05, 4.69) is 45.2 Å². The SMILES string of the molecule is Clc1ccc(Cn2cc3c(-c4ccc5c(c4)OCO5)nnc-3c3ccccc32)cc1. The quantitative estimate of drug-likeness (QED) is 0.384. The van der Waals surface area contributed by atoms with Crippen LogP contribution in [0.15, 0.2) is 72.9 Å². The third-order valence-electron chi connectivity index (χ3n) is 5.43. The molecule has 0 N–H and O–H groups in total. The van der Waals surface area contributed by atoms with E-state index >= 15 is 0 Å². The van der Waals surface area contributed by atoms with Crippen LogP contribution in [0.2, 0.25) is 5.02 Å². The van der Waals surface area contributed by atoms with Crippen LogP contribution in [0.1, 0.15) is 5.56 Å². The molecule has 3 heterocycles. The summed E-state index contributed by atoms with van der Waals surface area (Å²) in [5.74, 6) is 1.49. The van der Waals surface area contributed by atoms with Crippen LogP contribution in [-0.2, 0) is 6.54 Å². The summed E-state index contributed by atoms with van der Waals surface area (Å²) >= 11 is 6.06. The Hall–Kier alpha value is -3.57. The van der Waals surface area contributed by atoms with Crippen LogP contribution in [0, 0.1) is 0 Å². The lowest BCUT2D eigenvalue weighted by Crippen LogP contribution is -2.04. The van der Waals surface area contributed by atoms with Crippen LogP contribution < -0.4 is 9.47 Å². The number of hydrogen-bond acceptors (Lipinski definition) is 4. The maximum atomic E-state index is 6.06. The first-order valence-corrected chi connectivity index (χ1v) is 10.0. The van der Waals surface area contributed by atoms with Gasteiger partial charge in [-0.1, -0.05) is 41.9 Å². The zero-order valence-corrected chi connectivity index (χ0v) is 16.6. The van der Waals surface area contributed by atoms with Gasteiger partial charge in [-0.2, -0.15) is 0 Å². The summed E-state index contributed by atoms with van der Waals surface area (Å²) in [6, 6.07) is 22.1. The van der Waals surface area contributed by atoms with E-state index < -0.39 is 0 Å². The van der Waals surface area contributed by atoms with E-state index in [1.165, 1.54) is 5.56 Å². The van der Waals surface area contributed by atoms with Crippen LogP contribution in [0.25, 0.3) is 33.4 Å². The molecule has 0 saturated heterocycles.